The normalized spacial score (nSPS) is 11.0. The van der Waals surface area contributed by atoms with Gasteiger partial charge in [-0.25, -0.2) is 4.79 Å². The van der Waals surface area contributed by atoms with Gasteiger partial charge >= 0.3 is 5.97 Å². The van der Waals surface area contributed by atoms with E-state index < -0.39 is 5.97 Å². The molecular formula is C24H17BrINO4. The molecule has 0 spiro atoms. The lowest BCUT2D eigenvalue weighted by molar-refractivity contribution is 0.0697. The molecule has 3 aromatic carbocycles. The summed E-state index contributed by atoms with van der Waals surface area (Å²) in [5, 5.41) is 18.6. The van der Waals surface area contributed by atoms with Crippen molar-refractivity contribution in [1.82, 2.24) is 0 Å². The summed E-state index contributed by atoms with van der Waals surface area (Å²) in [6.45, 7) is 0.397. The molecule has 31 heavy (non-hydrogen) atoms. The predicted octanol–water partition coefficient (Wildman–Crippen LogP) is 6.40. The van der Waals surface area contributed by atoms with E-state index in [0.29, 0.717) is 29.2 Å². The van der Waals surface area contributed by atoms with Crippen molar-refractivity contribution in [1.29, 1.82) is 5.26 Å². The van der Waals surface area contributed by atoms with E-state index in [2.05, 4.69) is 44.6 Å². The van der Waals surface area contributed by atoms with Crippen LogP contribution in [0.5, 0.6) is 11.5 Å². The van der Waals surface area contributed by atoms with Gasteiger partial charge < -0.3 is 14.6 Å². The summed E-state index contributed by atoms with van der Waals surface area (Å²) in [4.78, 5) is 11.0. The van der Waals surface area contributed by atoms with Crippen LogP contribution in [-0.4, -0.2) is 18.2 Å². The summed E-state index contributed by atoms with van der Waals surface area (Å²) in [5.74, 6) is 0.188. The number of hydrogen-bond donors (Lipinski definition) is 1. The fraction of sp³-hybridized carbons (Fsp3) is 0.0833. The quantitative estimate of drug-likeness (QED) is 0.196. The lowest BCUT2D eigenvalue weighted by atomic mass is 10.0. The number of hydrogen-bond acceptors (Lipinski definition) is 4. The lowest BCUT2D eigenvalue weighted by Gasteiger charge is -2.14. The van der Waals surface area contributed by atoms with Gasteiger partial charge in [0.05, 0.1) is 27.9 Å². The molecule has 7 heteroatoms. The zero-order valence-corrected chi connectivity index (χ0v) is 20.2. The molecule has 0 heterocycles. The van der Waals surface area contributed by atoms with Crippen molar-refractivity contribution in [3.63, 3.8) is 0 Å². The van der Waals surface area contributed by atoms with Crippen LogP contribution in [0.25, 0.3) is 11.6 Å². The fourth-order valence-electron chi connectivity index (χ4n) is 2.84. The number of methoxy groups -OCH3 is 1. The Balaban J connectivity index is 1.87. The molecule has 0 fully saturated rings. The van der Waals surface area contributed by atoms with Crippen LogP contribution in [0.15, 0.2) is 65.1 Å². The number of ether oxygens (including phenoxy) is 2. The third-order valence-electron chi connectivity index (χ3n) is 4.42. The Morgan fingerprint density at radius 1 is 1.13 bits per heavy atom. The van der Waals surface area contributed by atoms with Crippen molar-refractivity contribution in [2.24, 2.45) is 0 Å². The lowest BCUT2D eigenvalue weighted by Crippen LogP contribution is -2.00. The molecule has 0 bridgehead atoms. The first-order valence-corrected chi connectivity index (χ1v) is 11.0. The van der Waals surface area contributed by atoms with Crippen LogP contribution >= 0.6 is 38.5 Å². The molecule has 3 aromatic rings. The van der Waals surface area contributed by atoms with Crippen molar-refractivity contribution in [3.8, 4) is 17.6 Å². The van der Waals surface area contributed by atoms with Crippen molar-refractivity contribution in [2.45, 2.75) is 6.61 Å². The second kappa shape index (κ2) is 10.5. The maximum absolute atomic E-state index is 11.0. The Kier molecular flexibility index (Phi) is 7.71. The average molecular weight is 590 g/mol. The Morgan fingerprint density at radius 3 is 2.35 bits per heavy atom. The molecule has 0 aliphatic rings. The smallest absolute Gasteiger partial charge is 0.335 e. The minimum Gasteiger partial charge on any atom is -0.493 e. The van der Waals surface area contributed by atoms with Gasteiger partial charge in [-0.15, -0.1) is 0 Å². The molecule has 0 unspecified atom stereocenters. The molecule has 0 saturated carbocycles. The van der Waals surface area contributed by atoms with Crippen molar-refractivity contribution in [2.75, 3.05) is 7.11 Å². The molecule has 0 radical (unpaired) electrons. The molecule has 0 aliphatic carbocycles. The van der Waals surface area contributed by atoms with Gasteiger partial charge in [-0.3, -0.25) is 0 Å². The standard InChI is InChI=1S/C24H17BrINO4/c1-30-22-12-16(10-19(13-27)17-4-6-18(7-5-17)24(28)29)11-21(26)23(22)31-14-15-2-8-20(25)9-3-15/h2-12H,14H2,1H3,(H,28,29)/b19-10-. The molecule has 156 valence electrons. The van der Waals surface area contributed by atoms with E-state index in [1.165, 1.54) is 12.1 Å². The average Bonchev–Trinajstić information content (AvgIpc) is 2.77. The van der Waals surface area contributed by atoms with E-state index in [4.69, 9.17) is 14.6 Å². The highest BCUT2D eigenvalue weighted by atomic mass is 127. The molecule has 0 aliphatic heterocycles. The zero-order valence-electron chi connectivity index (χ0n) is 16.4. The first-order chi connectivity index (χ1) is 14.9. The number of aromatic carboxylic acids is 1. The fourth-order valence-corrected chi connectivity index (χ4v) is 3.88. The highest BCUT2D eigenvalue weighted by molar-refractivity contribution is 14.1. The van der Waals surface area contributed by atoms with Crippen LogP contribution in [0.3, 0.4) is 0 Å². The van der Waals surface area contributed by atoms with Crippen molar-refractivity contribution < 1.29 is 19.4 Å². The van der Waals surface area contributed by atoms with Gasteiger partial charge in [-0.1, -0.05) is 40.2 Å². The summed E-state index contributed by atoms with van der Waals surface area (Å²) in [6.07, 6.45) is 1.74. The summed E-state index contributed by atoms with van der Waals surface area (Å²) in [5.41, 5.74) is 3.03. The second-order valence-electron chi connectivity index (χ2n) is 6.50. The molecule has 3 rings (SSSR count). The number of carboxylic acids is 1. The van der Waals surface area contributed by atoms with E-state index in [1.54, 1.807) is 25.3 Å². The number of benzene rings is 3. The first kappa shape index (κ1) is 22.8. The van der Waals surface area contributed by atoms with Crippen LogP contribution in [-0.2, 0) is 6.61 Å². The number of rotatable bonds is 7. The monoisotopic (exact) mass is 589 g/mol. The Labute approximate surface area is 202 Å². The van der Waals surface area contributed by atoms with Gasteiger partial charge in [0.1, 0.15) is 6.61 Å². The topological polar surface area (TPSA) is 79.5 Å². The van der Waals surface area contributed by atoms with Gasteiger partial charge in [0.15, 0.2) is 11.5 Å². The van der Waals surface area contributed by atoms with E-state index in [-0.39, 0.29) is 5.56 Å². The number of carboxylic acid groups (broad SMARTS) is 1. The zero-order chi connectivity index (χ0) is 22.4. The molecule has 0 saturated heterocycles. The number of nitriles is 1. The number of carbonyl (C=O) groups is 1. The number of allylic oxidation sites excluding steroid dienone is 1. The maximum Gasteiger partial charge on any atom is 0.335 e. The third-order valence-corrected chi connectivity index (χ3v) is 5.75. The number of nitrogens with zero attached hydrogens (tertiary/aromatic N) is 1. The van der Waals surface area contributed by atoms with Crippen molar-refractivity contribution >= 4 is 56.1 Å². The van der Waals surface area contributed by atoms with E-state index in [1.807, 2.05) is 36.4 Å². The van der Waals surface area contributed by atoms with E-state index in [9.17, 15) is 10.1 Å². The minimum absolute atomic E-state index is 0.171. The molecule has 0 amide bonds. The van der Waals surface area contributed by atoms with Gasteiger partial charge in [0.2, 0.25) is 0 Å². The molecule has 5 nitrogen and oxygen atoms in total. The highest BCUT2D eigenvalue weighted by Crippen LogP contribution is 2.35. The first-order valence-electron chi connectivity index (χ1n) is 9.11. The van der Waals surface area contributed by atoms with Gasteiger partial charge in [0, 0.05) is 4.47 Å². The van der Waals surface area contributed by atoms with Crippen LogP contribution in [0, 0.1) is 14.9 Å². The molecular weight excluding hydrogens is 573 g/mol. The van der Waals surface area contributed by atoms with Crippen LogP contribution in [0.2, 0.25) is 0 Å². The highest BCUT2D eigenvalue weighted by Gasteiger charge is 2.13. The summed E-state index contributed by atoms with van der Waals surface area (Å²) < 4.78 is 13.4. The summed E-state index contributed by atoms with van der Waals surface area (Å²) >= 11 is 5.60. The molecule has 1 N–H and O–H groups in total. The van der Waals surface area contributed by atoms with Gasteiger partial charge in [0.25, 0.3) is 0 Å². The van der Waals surface area contributed by atoms with E-state index >= 15 is 0 Å². The Bertz CT molecular complexity index is 1170. The summed E-state index contributed by atoms with van der Waals surface area (Å²) in [7, 11) is 1.57. The molecule has 0 aromatic heterocycles. The van der Waals surface area contributed by atoms with Gasteiger partial charge in [-0.2, -0.15) is 5.26 Å². The maximum atomic E-state index is 11.0. The largest absolute Gasteiger partial charge is 0.493 e. The third kappa shape index (κ3) is 5.87. The second-order valence-corrected chi connectivity index (χ2v) is 8.58. The predicted molar refractivity (Wildman–Crippen MR) is 131 cm³/mol. The number of halogens is 2. The SMILES string of the molecule is COc1cc(/C=C(/C#N)c2ccc(C(=O)O)cc2)cc(I)c1OCc1ccc(Br)cc1. The minimum atomic E-state index is -1.01. The van der Waals surface area contributed by atoms with Gasteiger partial charge in [-0.05, 0) is 81.8 Å². The summed E-state index contributed by atoms with van der Waals surface area (Å²) in [6, 6.07) is 20.0. The van der Waals surface area contributed by atoms with Crippen LogP contribution in [0.4, 0.5) is 0 Å². The van der Waals surface area contributed by atoms with E-state index in [0.717, 1.165) is 19.2 Å². The molecule has 0 atom stereocenters. The van der Waals surface area contributed by atoms with Crippen molar-refractivity contribution in [3.05, 3.63) is 91.0 Å². The Morgan fingerprint density at radius 2 is 1.77 bits per heavy atom. The van der Waals surface area contributed by atoms with Crippen LogP contribution < -0.4 is 9.47 Å². The Hall–Kier alpha value is -2.83. The van der Waals surface area contributed by atoms with Crippen LogP contribution in [0.1, 0.15) is 27.0 Å².